The van der Waals surface area contributed by atoms with Gasteiger partial charge >= 0.3 is 0 Å². The lowest BCUT2D eigenvalue weighted by molar-refractivity contribution is 0.0524. The number of piperidine rings is 1. The molecule has 1 saturated heterocycles. The van der Waals surface area contributed by atoms with E-state index in [-0.39, 0.29) is 18.3 Å². The summed E-state index contributed by atoms with van der Waals surface area (Å²) in [5.41, 5.74) is 5.92. The standard InChI is InChI=1S/C14H20F2N2O/c1-2-19-11-4-3-5-18(9-11)14-12(15)6-10(8-17)7-13(14)16/h6-7,11H,2-5,8-9,17H2,1H3. The van der Waals surface area contributed by atoms with Crippen LogP contribution in [0.2, 0.25) is 0 Å². The molecule has 1 fully saturated rings. The van der Waals surface area contributed by atoms with Crippen LogP contribution >= 0.6 is 0 Å². The van der Waals surface area contributed by atoms with Crippen LogP contribution in [-0.2, 0) is 11.3 Å². The number of rotatable bonds is 4. The second-order valence-electron chi connectivity index (χ2n) is 4.78. The topological polar surface area (TPSA) is 38.5 Å². The van der Waals surface area contributed by atoms with Crippen molar-refractivity contribution in [3.63, 3.8) is 0 Å². The van der Waals surface area contributed by atoms with Crippen molar-refractivity contribution in [2.24, 2.45) is 5.73 Å². The second-order valence-corrected chi connectivity index (χ2v) is 4.78. The summed E-state index contributed by atoms with van der Waals surface area (Å²) in [6, 6.07) is 2.62. The Balaban J connectivity index is 2.21. The quantitative estimate of drug-likeness (QED) is 0.913. The average molecular weight is 270 g/mol. The maximum atomic E-state index is 14.0. The second kappa shape index (κ2) is 6.30. The predicted octanol–water partition coefficient (Wildman–Crippen LogP) is 2.43. The Morgan fingerprint density at radius 1 is 1.37 bits per heavy atom. The Labute approximate surface area is 112 Å². The minimum Gasteiger partial charge on any atom is -0.377 e. The van der Waals surface area contributed by atoms with Crippen LogP contribution in [0.4, 0.5) is 14.5 Å². The molecule has 19 heavy (non-hydrogen) atoms. The van der Waals surface area contributed by atoms with Crippen molar-refractivity contribution >= 4 is 5.69 Å². The van der Waals surface area contributed by atoms with Crippen LogP contribution in [0, 0.1) is 11.6 Å². The lowest BCUT2D eigenvalue weighted by atomic mass is 10.1. The van der Waals surface area contributed by atoms with Crippen LogP contribution in [0.1, 0.15) is 25.3 Å². The maximum absolute atomic E-state index is 14.0. The van der Waals surface area contributed by atoms with Crippen LogP contribution < -0.4 is 10.6 Å². The summed E-state index contributed by atoms with van der Waals surface area (Å²) in [6.07, 6.45) is 1.86. The first kappa shape index (κ1) is 14.2. The van der Waals surface area contributed by atoms with Gasteiger partial charge in [0, 0.05) is 26.2 Å². The van der Waals surface area contributed by atoms with Gasteiger partial charge in [0.15, 0.2) is 0 Å². The van der Waals surface area contributed by atoms with Gasteiger partial charge in [-0.25, -0.2) is 8.78 Å². The van der Waals surface area contributed by atoms with Crippen LogP contribution in [0.15, 0.2) is 12.1 Å². The number of hydrogen-bond donors (Lipinski definition) is 1. The number of hydrogen-bond acceptors (Lipinski definition) is 3. The lowest BCUT2D eigenvalue weighted by Gasteiger charge is -2.34. The number of nitrogens with zero attached hydrogens (tertiary/aromatic N) is 1. The molecule has 1 atom stereocenters. The molecule has 2 rings (SSSR count). The molecule has 3 nitrogen and oxygen atoms in total. The number of anilines is 1. The molecule has 0 saturated carbocycles. The minimum atomic E-state index is -0.544. The van der Waals surface area contributed by atoms with E-state index in [0.717, 1.165) is 12.8 Å². The van der Waals surface area contributed by atoms with Crippen LogP contribution in [-0.4, -0.2) is 25.8 Å². The van der Waals surface area contributed by atoms with Gasteiger partial charge in [-0.2, -0.15) is 0 Å². The molecule has 1 heterocycles. The summed E-state index contributed by atoms with van der Waals surface area (Å²) in [5, 5.41) is 0. The van der Waals surface area contributed by atoms with Crippen LogP contribution in [0.5, 0.6) is 0 Å². The molecule has 1 aliphatic heterocycles. The lowest BCUT2D eigenvalue weighted by Crippen LogP contribution is -2.40. The first-order chi connectivity index (χ1) is 9.15. The molecule has 0 aliphatic carbocycles. The number of nitrogens with two attached hydrogens (primary N) is 1. The highest BCUT2D eigenvalue weighted by molar-refractivity contribution is 5.51. The number of benzene rings is 1. The molecule has 0 bridgehead atoms. The van der Waals surface area contributed by atoms with E-state index in [9.17, 15) is 8.78 Å². The zero-order valence-electron chi connectivity index (χ0n) is 11.2. The molecule has 1 aliphatic rings. The molecule has 0 aromatic heterocycles. The van der Waals surface area contributed by atoms with E-state index in [1.807, 2.05) is 6.92 Å². The molecule has 0 amide bonds. The molecule has 5 heteroatoms. The Morgan fingerprint density at radius 3 is 2.63 bits per heavy atom. The van der Waals surface area contributed by atoms with E-state index in [1.54, 1.807) is 4.90 Å². The van der Waals surface area contributed by atoms with Crippen molar-refractivity contribution in [2.75, 3.05) is 24.6 Å². The Kier molecular flexibility index (Phi) is 4.71. The predicted molar refractivity (Wildman–Crippen MR) is 71.1 cm³/mol. The van der Waals surface area contributed by atoms with Crippen LogP contribution in [0.3, 0.4) is 0 Å². The summed E-state index contributed by atoms with van der Waals surface area (Å²) >= 11 is 0. The summed E-state index contributed by atoms with van der Waals surface area (Å²) in [4.78, 5) is 1.73. The fourth-order valence-electron chi connectivity index (χ4n) is 2.55. The summed E-state index contributed by atoms with van der Waals surface area (Å²) < 4.78 is 33.6. The SMILES string of the molecule is CCOC1CCCN(c2c(F)cc(CN)cc2F)C1. The van der Waals surface area contributed by atoms with Gasteiger partial charge in [0.05, 0.1) is 6.10 Å². The number of halogens is 2. The van der Waals surface area contributed by atoms with Gasteiger partial charge in [0.1, 0.15) is 17.3 Å². The first-order valence-corrected chi connectivity index (χ1v) is 6.70. The van der Waals surface area contributed by atoms with E-state index in [1.165, 1.54) is 12.1 Å². The smallest absolute Gasteiger partial charge is 0.149 e. The summed E-state index contributed by atoms with van der Waals surface area (Å²) in [6.45, 7) is 3.87. The molecule has 1 aromatic carbocycles. The van der Waals surface area contributed by atoms with Gasteiger partial charge in [0.25, 0.3) is 0 Å². The van der Waals surface area contributed by atoms with Crippen molar-refractivity contribution in [1.29, 1.82) is 0 Å². The van der Waals surface area contributed by atoms with Gasteiger partial charge in [-0.3, -0.25) is 0 Å². The molecule has 0 spiro atoms. The highest BCUT2D eigenvalue weighted by atomic mass is 19.1. The minimum absolute atomic E-state index is 0.0432. The molecule has 2 N–H and O–H groups in total. The molecular formula is C14H20F2N2O. The van der Waals surface area contributed by atoms with E-state index in [4.69, 9.17) is 10.5 Å². The van der Waals surface area contributed by atoms with Crippen LogP contribution in [0.25, 0.3) is 0 Å². The zero-order chi connectivity index (χ0) is 13.8. The third-order valence-corrected chi connectivity index (χ3v) is 3.41. The fourth-order valence-corrected chi connectivity index (χ4v) is 2.55. The van der Waals surface area contributed by atoms with Gasteiger partial charge in [-0.1, -0.05) is 0 Å². The van der Waals surface area contributed by atoms with E-state index < -0.39 is 11.6 Å². The monoisotopic (exact) mass is 270 g/mol. The van der Waals surface area contributed by atoms with Crippen molar-refractivity contribution in [2.45, 2.75) is 32.4 Å². The van der Waals surface area contributed by atoms with E-state index in [0.29, 0.717) is 25.3 Å². The van der Waals surface area contributed by atoms with E-state index in [2.05, 4.69) is 0 Å². The fraction of sp³-hybridized carbons (Fsp3) is 0.571. The molecule has 106 valence electrons. The van der Waals surface area contributed by atoms with Crippen molar-refractivity contribution in [1.82, 2.24) is 0 Å². The van der Waals surface area contributed by atoms with Crippen molar-refractivity contribution in [3.05, 3.63) is 29.3 Å². The summed E-state index contributed by atoms with van der Waals surface area (Å²) in [7, 11) is 0. The van der Waals surface area contributed by atoms with E-state index >= 15 is 0 Å². The molecule has 1 aromatic rings. The van der Waals surface area contributed by atoms with Crippen molar-refractivity contribution < 1.29 is 13.5 Å². The molecule has 1 unspecified atom stereocenters. The largest absolute Gasteiger partial charge is 0.377 e. The molecular weight excluding hydrogens is 250 g/mol. The van der Waals surface area contributed by atoms with Crippen molar-refractivity contribution in [3.8, 4) is 0 Å². The Hall–Kier alpha value is -1.20. The normalized spacial score (nSPS) is 19.8. The van der Waals surface area contributed by atoms with Gasteiger partial charge in [-0.15, -0.1) is 0 Å². The Bertz CT molecular complexity index is 414. The third-order valence-electron chi connectivity index (χ3n) is 3.41. The first-order valence-electron chi connectivity index (χ1n) is 6.70. The van der Waals surface area contributed by atoms with Gasteiger partial charge in [-0.05, 0) is 37.5 Å². The van der Waals surface area contributed by atoms with Gasteiger partial charge < -0.3 is 15.4 Å². The van der Waals surface area contributed by atoms with Gasteiger partial charge in [0.2, 0.25) is 0 Å². The zero-order valence-corrected chi connectivity index (χ0v) is 11.2. The highest BCUT2D eigenvalue weighted by Crippen LogP contribution is 2.28. The third kappa shape index (κ3) is 3.22. The number of ether oxygens (including phenoxy) is 1. The maximum Gasteiger partial charge on any atom is 0.149 e. The Morgan fingerprint density at radius 2 is 2.05 bits per heavy atom. The highest BCUT2D eigenvalue weighted by Gasteiger charge is 2.25. The average Bonchev–Trinajstić information content (AvgIpc) is 2.38. The molecule has 0 radical (unpaired) electrons. The summed E-state index contributed by atoms with van der Waals surface area (Å²) in [5.74, 6) is -1.09.